The van der Waals surface area contributed by atoms with Gasteiger partial charge in [0.1, 0.15) is 5.58 Å². The molecule has 0 bridgehead atoms. The van der Waals surface area contributed by atoms with Crippen LogP contribution < -0.4 is 10.9 Å². The number of rotatable bonds is 2. The number of amides is 1. The molecule has 0 fully saturated rings. The van der Waals surface area contributed by atoms with Crippen molar-refractivity contribution in [3.8, 4) is 0 Å². The first-order valence-electron chi connectivity index (χ1n) is 4.75. The summed E-state index contributed by atoms with van der Waals surface area (Å²) in [6.07, 6.45) is -1.20. The van der Waals surface area contributed by atoms with E-state index < -0.39 is 11.7 Å². The lowest BCUT2D eigenvalue weighted by molar-refractivity contribution is 0.194. The van der Waals surface area contributed by atoms with Crippen molar-refractivity contribution in [2.75, 3.05) is 0 Å². The largest absolute Gasteiger partial charge is 0.465 e. The van der Waals surface area contributed by atoms with E-state index in [1.807, 2.05) is 0 Å². The summed E-state index contributed by atoms with van der Waals surface area (Å²) >= 11 is 5.81. The van der Waals surface area contributed by atoms with Crippen LogP contribution in [0.4, 0.5) is 4.79 Å². The smallest absolute Gasteiger partial charge is 0.404 e. The molecule has 88 valence electrons. The average molecular weight is 254 g/mol. The Morgan fingerprint density at radius 1 is 1.41 bits per heavy atom. The van der Waals surface area contributed by atoms with Crippen molar-refractivity contribution in [2.24, 2.45) is 0 Å². The summed E-state index contributed by atoms with van der Waals surface area (Å²) in [6.45, 7) is -0.0971. The maximum Gasteiger partial charge on any atom is 0.404 e. The molecule has 5 nitrogen and oxygen atoms in total. The molecule has 1 amide bonds. The van der Waals surface area contributed by atoms with Crippen LogP contribution >= 0.6 is 11.6 Å². The molecule has 0 unspecified atom stereocenters. The molecule has 0 aliphatic heterocycles. The second-order valence-electron chi connectivity index (χ2n) is 3.40. The van der Waals surface area contributed by atoms with Gasteiger partial charge in [-0.2, -0.15) is 0 Å². The van der Waals surface area contributed by atoms with E-state index in [1.165, 1.54) is 0 Å². The Bertz CT molecular complexity index is 635. The fourth-order valence-corrected chi connectivity index (χ4v) is 1.61. The van der Waals surface area contributed by atoms with E-state index in [2.05, 4.69) is 5.32 Å². The molecule has 1 heterocycles. The van der Waals surface area contributed by atoms with Crippen LogP contribution in [0.1, 0.15) is 5.56 Å². The normalized spacial score (nSPS) is 10.4. The van der Waals surface area contributed by atoms with Crippen LogP contribution in [0.15, 0.2) is 33.5 Å². The first kappa shape index (κ1) is 11.5. The molecule has 0 atom stereocenters. The van der Waals surface area contributed by atoms with Crippen LogP contribution in [-0.4, -0.2) is 11.2 Å². The summed E-state index contributed by atoms with van der Waals surface area (Å²) in [4.78, 5) is 21.8. The van der Waals surface area contributed by atoms with Gasteiger partial charge in [0.15, 0.2) is 0 Å². The molecule has 0 saturated heterocycles. The highest BCUT2D eigenvalue weighted by molar-refractivity contribution is 6.31. The van der Waals surface area contributed by atoms with Gasteiger partial charge in [-0.15, -0.1) is 0 Å². The highest BCUT2D eigenvalue weighted by atomic mass is 35.5. The van der Waals surface area contributed by atoms with Gasteiger partial charge in [0, 0.05) is 10.4 Å². The second kappa shape index (κ2) is 4.47. The lowest BCUT2D eigenvalue weighted by Gasteiger charge is -2.02. The predicted molar refractivity (Wildman–Crippen MR) is 62.4 cm³/mol. The monoisotopic (exact) mass is 253 g/mol. The summed E-state index contributed by atoms with van der Waals surface area (Å²) in [7, 11) is 0. The lowest BCUT2D eigenvalue weighted by atomic mass is 10.2. The topological polar surface area (TPSA) is 79.5 Å². The summed E-state index contributed by atoms with van der Waals surface area (Å²) in [6, 6.07) is 6.41. The SMILES string of the molecule is O=C(O)NCc1cc2cc(Cl)ccc2oc1=O. The maximum atomic E-state index is 11.5. The third kappa shape index (κ3) is 2.57. The standard InChI is InChI=1S/C11H8ClNO4/c12-8-1-2-9-6(4-8)3-7(10(14)17-9)5-13-11(15)16/h1-4,13H,5H2,(H,15,16). The van der Waals surface area contributed by atoms with Gasteiger partial charge in [0.05, 0.1) is 12.1 Å². The summed E-state index contributed by atoms with van der Waals surface area (Å²) in [5.41, 5.74) is 0.0919. The average Bonchev–Trinajstić information content (AvgIpc) is 2.26. The van der Waals surface area contributed by atoms with Crippen LogP contribution in [0.3, 0.4) is 0 Å². The summed E-state index contributed by atoms with van der Waals surface area (Å²) < 4.78 is 5.03. The number of halogens is 1. The van der Waals surface area contributed by atoms with Crippen molar-refractivity contribution in [3.63, 3.8) is 0 Å². The van der Waals surface area contributed by atoms with Crippen LogP contribution in [0.2, 0.25) is 5.02 Å². The summed E-state index contributed by atoms with van der Waals surface area (Å²) in [5.74, 6) is 0. The van der Waals surface area contributed by atoms with E-state index in [0.717, 1.165) is 0 Å². The third-order valence-electron chi connectivity index (χ3n) is 2.20. The Labute approximate surface area is 101 Å². The van der Waals surface area contributed by atoms with Gasteiger partial charge in [-0.25, -0.2) is 9.59 Å². The van der Waals surface area contributed by atoms with Crippen LogP contribution in [-0.2, 0) is 6.54 Å². The number of carboxylic acid groups (broad SMARTS) is 1. The molecule has 1 aromatic heterocycles. The zero-order chi connectivity index (χ0) is 12.4. The first-order chi connectivity index (χ1) is 8.06. The quantitative estimate of drug-likeness (QED) is 0.804. The molecule has 2 rings (SSSR count). The van der Waals surface area contributed by atoms with Crippen molar-refractivity contribution >= 4 is 28.7 Å². The van der Waals surface area contributed by atoms with E-state index in [-0.39, 0.29) is 12.1 Å². The zero-order valence-corrected chi connectivity index (χ0v) is 9.32. The molecular formula is C11H8ClNO4. The molecule has 2 N–H and O–H groups in total. The van der Waals surface area contributed by atoms with Crippen molar-refractivity contribution in [3.05, 3.63) is 45.3 Å². The molecular weight excluding hydrogens is 246 g/mol. The fraction of sp³-hybridized carbons (Fsp3) is 0.0909. The van der Waals surface area contributed by atoms with E-state index in [4.69, 9.17) is 21.1 Å². The first-order valence-corrected chi connectivity index (χ1v) is 5.13. The minimum absolute atomic E-state index is 0.0971. The Morgan fingerprint density at radius 3 is 2.88 bits per heavy atom. The van der Waals surface area contributed by atoms with Gasteiger partial charge >= 0.3 is 11.7 Å². The van der Waals surface area contributed by atoms with Crippen molar-refractivity contribution in [1.29, 1.82) is 0 Å². The second-order valence-corrected chi connectivity index (χ2v) is 3.84. The number of fused-ring (bicyclic) bond motifs is 1. The van der Waals surface area contributed by atoms with Crippen LogP contribution in [0, 0.1) is 0 Å². The van der Waals surface area contributed by atoms with Crippen LogP contribution in [0.5, 0.6) is 0 Å². The molecule has 0 radical (unpaired) electrons. The number of hydrogen-bond donors (Lipinski definition) is 2. The molecule has 0 saturated carbocycles. The molecule has 2 aromatic rings. The van der Waals surface area contributed by atoms with Gasteiger partial charge in [-0.1, -0.05) is 11.6 Å². The van der Waals surface area contributed by atoms with E-state index in [9.17, 15) is 9.59 Å². The Morgan fingerprint density at radius 2 is 2.18 bits per heavy atom. The Balaban J connectivity index is 2.46. The van der Waals surface area contributed by atoms with Gasteiger partial charge < -0.3 is 14.8 Å². The minimum Gasteiger partial charge on any atom is -0.465 e. The lowest BCUT2D eigenvalue weighted by Crippen LogP contribution is -2.23. The van der Waals surface area contributed by atoms with Crippen molar-refractivity contribution < 1.29 is 14.3 Å². The van der Waals surface area contributed by atoms with E-state index in [0.29, 0.717) is 16.0 Å². The fourth-order valence-electron chi connectivity index (χ4n) is 1.43. The van der Waals surface area contributed by atoms with Gasteiger partial charge in [0.25, 0.3) is 0 Å². The predicted octanol–water partition coefficient (Wildman–Crippen LogP) is 2.21. The molecule has 0 aliphatic rings. The molecule has 1 aromatic carbocycles. The third-order valence-corrected chi connectivity index (χ3v) is 2.43. The van der Waals surface area contributed by atoms with E-state index in [1.54, 1.807) is 24.3 Å². The van der Waals surface area contributed by atoms with Gasteiger partial charge in [0.2, 0.25) is 0 Å². The Kier molecular flexibility index (Phi) is 3.01. The molecule has 0 aliphatic carbocycles. The number of hydrogen-bond acceptors (Lipinski definition) is 3. The highest BCUT2D eigenvalue weighted by Gasteiger charge is 2.06. The van der Waals surface area contributed by atoms with Gasteiger partial charge in [-0.05, 0) is 24.3 Å². The number of benzene rings is 1. The van der Waals surface area contributed by atoms with E-state index >= 15 is 0 Å². The summed E-state index contributed by atoms with van der Waals surface area (Å²) in [5, 5.41) is 11.7. The van der Waals surface area contributed by atoms with Crippen LogP contribution in [0.25, 0.3) is 11.0 Å². The number of carbonyl (C=O) groups is 1. The molecule has 17 heavy (non-hydrogen) atoms. The highest BCUT2D eigenvalue weighted by Crippen LogP contribution is 2.18. The zero-order valence-electron chi connectivity index (χ0n) is 8.57. The molecule has 0 spiro atoms. The maximum absolute atomic E-state index is 11.5. The van der Waals surface area contributed by atoms with Crippen molar-refractivity contribution in [2.45, 2.75) is 6.54 Å². The molecule has 6 heteroatoms. The number of nitrogens with one attached hydrogen (secondary N) is 1. The van der Waals surface area contributed by atoms with Crippen molar-refractivity contribution in [1.82, 2.24) is 5.32 Å². The van der Waals surface area contributed by atoms with Gasteiger partial charge in [-0.3, -0.25) is 0 Å². The minimum atomic E-state index is -1.20. The Hall–Kier alpha value is -2.01.